The van der Waals surface area contributed by atoms with Gasteiger partial charge in [-0.25, -0.2) is 0 Å². The predicted molar refractivity (Wildman–Crippen MR) is 154 cm³/mol. The first-order valence-corrected chi connectivity index (χ1v) is 13.4. The van der Waals surface area contributed by atoms with Crippen LogP contribution in [0.1, 0.15) is 11.1 Å². The SMILES string of the molecule is NCc1ccc(-c2c(Cl)ccc(Sc3ccc(Cl)c(-c4ccc(CN)cc4Cl)c3Cl)c2Cl)c(Cl)c1. The van der Waals surface area contributed by atoms with Crippen molar-refractivity contribution in [2.45, 2.75) is 22.9 Å². The summed E-state index contributed by atoms with van der Waals surface area (Å²) in [4.78, 5) is 1.51. The molecule has 0 radical (unpaired) electrons. The number of rotatable bonds is 6. The van der Waals surface area contributed by atoms with Gasteiger partial charge in [-0.2, -0.15) is 0 Å². The maximum atomic E-state index is 6.85. The van der Waals surface area contributed by atoms with Crippen LogP contribution in [0.3, 0.4) is 0 Å². The first kappa shape index (κ1) is 26.9. The molecular weight excluding hydrogens is 585 g/mol. The third kappa shape index (κ3) is 5.60. The van der Waals surface area contributed by atoms with Gasteiger partial charge in [0.05, 0.1) is 20.1 Å². The van der Waals surface area contributed by atoms with Gasteiger partial charge in [-0.1, -0.05) is 106 Å². The Morgan fingerprint density at radius 1 is 0.514 bits per heavy atom. The molecule has 4 N–H and O–H groups in total. The maximum absolute atomic E-state index is 6.85. The van der Waals surface area contributed by atoms with Gasteiger partial charge in [0.1, 0.15) is 0 Å². The molecule has 4 aromatic rings. The third-order valence-electron chi connectivity index (χ3n) is 5.41. The minimum atomic E-state index is 0.383. The molecule has 0 aliphatic carbocycles. The Bertz CT molecular complexity index is 1320. The molecule has 35 heavy (non-hydrogen) atoms. The highest BCUT2D eigenvalue weighted by molar-refractivity contribution is 7.99. The van der Waals surface area contributed by atoms with E-state index in [1.807, 2.05) is 48.5 Å². The Labute approximate surface area is 238 Å². The van der Waals surface area contributed by atoms with Crippen LogP contribution in [0.2, 0.25) is 30.1 Å². The van der Waals surface area contributed by atoms with Gasteiger partial charge in [0, 0.05) is 55.2 Å². The van der Waals surface area contributed by atoms with Gasteiger partial charge in [-0.3, -0.25) is 0 Å². The maximum Gasteiger partial charge on any atom is 0.0639 e. The Kier molecular flexibility index (Phi) is 8.86. The van der Waals surface area contributed by atoms with E-state index >= 15 is 0 Å². The van der Waals surface area contributed by atoms with Crippen molar-refractivity contribution in [3.05, 3.63) is 102 Å². The van der Waals surface area contributed by atoms with Crippen molar-refractivity contribution < 1.29 is 0 Å². The van der Waals surface area contributed by atoms with Crippen LogP contribution >= 0.6 is 81.4 Å². The molecule has 9 heteroatoms. The predicted octanol–water partition coefficient (Wildman–Crippen LogP) is 10.0. The molecule has 0 aliphatic heterocycles. The van der Waals surface area contributed by atoms with Gasteiger partial charge in [-0.15, -0.1) is 0 Å². The first-order valence-electron chi connectivity index (χ1n) is 10.4. The van der Waals surface area contributed by atoms with E-state index < -0.39 is 0 Å². The van der Waals surface area contributed by atoms with Crippen molar-refractivity contribution in [3.8, 4) is 22.3 Å². The fraction of sp³-hybridized carbons (Fsp3) is 0.0769. The summed E-state index contributed by atoms with van der Waals surface area (Å²) < 4.78 is 0. The second-order valence-corrected chi connectivity index (χ2v) is 11.1. The monoisotopic (exact) mass is 600 g/mol. The Morgan fingerprint density at radius 2 is 0.914 bits per heavy atom. The molecule has 4 rings (SSSR count). The number of nitrogens with two attached hydrogens (primary N) is 2. The molecule has 0 fully saturated rings. The lowest BCUT2D eigenvalue weighted by molar-refractivity contribution is 1.07. The number of hydrogen-bond donors (Lipinski definition) is 2. The number of halogens is 6. The van der Waals surface area contributed by atoms with Gasteiger partial charge in [0.25, 0.3) is 0 Å². The molecule has 0 amide bonds. The van der Waals surface area contributed by atoms with Crippen LogP contribution in [-0.4, -0.2) is 0 Å². The smallest absolute Gasteiger partial charge is 0.0639 e. The zero-order valence-corrected chi connectivity index (χ0v) is 23.4. The van der Waals surface area contributed by atoms with E-state index in [9.17, 15) is 0 Å². The molecule has 0 unspecified atom stereocenters. The van der Waals surface area contributed by atoms with Crippen LogP contribution in [0.5, 0.6) is 0 Å². The van der Waals surface area contributed by atoms with Crippen LogP contribution in [0.4, 0.5) is 0 Å². The van der Waals surface area contributed by atoms with E-state index in [0.717, 1.165) is 32.0 Å². The summed E-state index contributed by atoms with van der Waals surface area (Å²) in [6, 6.07) is 18.4. The van der Waals surface area contributed by atoms with Gasteiger partial charge in [0.2, 0.25) is 0 Å². The van der Waals surface area contributed by atoms with Crippen molar-refractivity contribution in [2.75, 3.05) is 0 Å². The summed E-state index contributed by atoms with van der Waals surface area (Å²) in [6.45, 7) is 0.765. The lowest BCUT2D eigenvalue weighted by Crippen LogP contribution is -1.96. The Hall–Kier alpha value is -1.11. The van der Waals surface area contributed by atoms with E-state index in [2.05, 4.69) is 0 Å². The molecular formula is C26H18Cl6N2S. The Morgan fingerprint density at radius 3 is 1.26 bits per heavy atom. The molecule has 180 valence electrons. The summed E-state index contributed by atoms with van der Waals surface area (Å²) >= 11 is 41.2. The zero-order chi connectivity index (χ0) is 25.3. The quantitative estimate of drug-likeness (QED) is 0.231. The summed E-state index contributed by atoms with van der Waals surface area (Å²) in [7, 11) is 0. The second kappa shape index (κ2) is 11.5. The van der Waals surface area contributed by atoms with E-state index in [-0.39, 0.29) is 0 Å². The highest BCUT2D eigenvalue weighted by Crippen LogP contribution is 2.49. The van der Waals surface area contributed by atoms with Gasteiger partial charge < -0.3 is 11.5 Å². The molecule has 0 saturated heterocycles. The van der Waals surface area contributed by atoms with E-state index in [1.165, 1.54) is 11.8 Å². The number of hydrogen-bond acceptors (Lipinski definition) is 3. The highest BCUT2D eigenvalue weighted by Gasteiger charge is 2.20. The first-order chi connectivity index (χ1) is 16.7. The van der Waals surface area contributed by atoms with Crippen molar-refractivity contribution in [2.24, 2.45) is 11.5 Å². The summed E-state index contributed by atoms with van der Waals surface area (Å²) in [5.41, 5.74) is 16.0. The van der Waals surface area contributed by atoms with E-state index in [1.54, 1.807) is 12.1 Å². The van der Waals surface area contributed by atoms with Crippen LogP contribution in [0, 0.1) is 0 Å². The zero-order valence-electron chi connectivity index (χ0n) is 18.0. The molecule has 0 aliphatic rings. The topological polar surface area (TPSA) is 52.0 Å². The van der Waals surface area contributed by atoms with Crippen molar-refractivity contribution >= 4 is 81.4 Å². The van der Waals surface area contributed by atoms with Crippen LogP contribution in [0.25, 0.3) is 22.3 Å². The summed E-state index contributed by atoms with van der Waals surface area (Å²) in [6.07, 6.45) is 0. The molecule has 0 aromatic heterocycles. The minimum Gasteiger partial charge on any atom is -0.326 e. The fourth-order valence-corrected chi connectivity index (χ4v) is 6.48. The van der Waals surface area contributed by atoms with Gasteiger partial charge in [-0.05, 0) is 47.5 Å². The van der Waals surface area contributed by atoms with Crippen LogP contribution < -0.4 is 11.5 Å². The largest absolute Gasteiger partial charge is 0.326 e. The van der Waals surface area contributed by atoms with Crippen LogP contribution in [-0.2, 0) is 13.1 Å². The molecule has 2 nitrogen and oxygen atoms in total. The molecule has 4 aromatic carbocycles. The molecule has 0 spiro atoms. The minimum absolute atomic E-state index is 0.383. The average molecular weight is 603 g/mol. The molecule has 0 heterocycles. The molecule has 0 atom stereocenters. The molecule has 0 bridgehead atoms. The average Bonchev–Trinajstić information content (AvgIpc) is 2.84. The molecule has 0 saturated carbocycles. The fourth-order valence-electron chi connectivity index (χ4n) is 3.61. The van der Waals surface area contributed by atoms with Crippen molar-refractivity contribution in [1.82, 2.24) is 0 Å². The highest BCUT2D eigenvalue weighted by atomic mass is 35.5. The standard InChI is InChI=1S/C26H18Cl6N2S/c27-17-5-7-21(25(31)23(17)15-3-1-13(11-33)9-19(15)29)35-22-8-6-18(28)24(26(22)32)16-4-2-14(12-34)10-20(16)30/h1-10H,11-12,33-34H2. The summed E-state index contributed by atoms with van der Waals surface area (Å²) in [5, 5.41) is 2.92. The number of benzene rings is 4. The van der Waals surface area contributed by atoms with E-state index in [0.29, 0.717) is 54.4 Å². The van der Waals surface area contributed by atoms with Crippen LogP contribution in [0.15, 0.2) is 70.5 Å². The van der Waals surface area contributed by atoms with Gasteiger partial charge in [0.15, 0.2) is 0 Å². The summed E-state index contributed by atoms with van der Waals surface area (Å²) in [5.74, 6) is 0. The second-order valence-electron chi connectivity index (χ2n) is 7.61. The normalized spacial score (nSPS) is 11.2. The van der Waals surface area contributed by atoms with E-state index in [4.69, 9.17) is 81.1 Å². The third-order valence-corrected chi connectivity index (χ3v) is 8.79. The lowest BCUT2D eigenvalue weighted by atomic mass is 10.0. The van der Waals surface area contributed by atoms with Crippen molar-refractivity contribution in [1.29, 1.82) is 0 Å². The van der Waals surface area contributed by atoms with Crippen molar-refractivity contribution in [3.63, 3.8) is 0 Å². The Balaban J connectivity index is 1.78. The van der Waals surface area contributed by atoms with Gasteiger partial charge >= 0.3 is 0 Å². The lowest BCUT2D eigenvalue weighted by Gasteiger charge is -2.16.